The smallest absolute Gasteiger partial charge is 0.0738 e. The predicted octanol–water partition coefficient (Wildman–Crippen LogP) is 5.27. The second kappa shape index (κ2) is 5.27. The van der Waals surface area contributed by atoms with E-state index in [1.54, 1.807) is 0 Å². The Balaban J connectivity index is 1.86. The largest absolute Gasteiger partial charge is 0.276 e. The van der Waals surface area contributed by atoms with Crippen LogP contribution in [-0.2, 0) is 0 Å². The van der Waals surface area contributed by atoms with Crippen molar-refractivity contribution in [1.82, 2.24) is 0 Å². The van der Waals surface area contributed by atoms with E-state index in [0.29, 0.717) is 0 Å². The van der Waals surface area contributed by atoms with E-state index >= 15 is 0 Å². The van der Waals surface area contributed by atoms with Crippen LogP contribution >= 0.6 is 0 Å². The molecule has 0 aromatic heterocycles. The van der Waals surface area contributed by atoms with Crippen LogP contribution in [0.1, 0.15) is 29.7 Å². The topological polar surface area (TPSA) is 12.4 Å². The standard InChI is InChI=1S/C21H17N/c1-15(16-9-3-2-4-10-16)22-21-19-13-7-5-11-17(19)18-12-6-8-14-20(18)21/h2-15H,1H3. The molecule has 1 aliphatic carbocycles. The van der Waals surface area contributed by atoms with Crippen LogP contribution in [0.2, 0.25) is 0 Å². The molecule has 1 unspecified atom stereocenters. The SMILES string of the molecule is CC(N=C1c2ccccc2-c2ccccc21)c1ccccc1. The average Bonchev–Trinajstić information content (AvgIpc) is 2.90. The van der Waals surface area contributed by atoms with Gasteiger partial charge >= 0.3 is 0 Å². The van der Waals surface area contributed by atoms with Gasteiger partial charge in [0.2, 0.25) is 0 Å². The van der Waals surface area contributed by atoms with Crippen LogP contribution in [0.3, 0.4) is 0 Å². The lowest BCUT2D eigenvalue weighted by atomic mass is 10.1. The number of hydrogen-bond acceptors (Lipinski definition) is 1. The van der Waals surface area contributed by atoms with Gasteiger partial charge in [-0.05, 0) is 23.6 Å². The van der Waals surface area contributed by atoms with Gasteiger partial charge in [-0.1, -0.05) is 78.9 Å². The fraction of sp³-hybridized carbons (Fsp3) is 0.0952. The van der Waals surface area contributed by atoms with Crippen LogP contribution in [0.25, 0.3) is 11.1 Å². The molecule has 22 heavy (non-hydrogen) atoms. The molecule has 1 heteroatoms. The van der Waals surface area contributed by atoms with Crippen LogP contribution in [0.15, 0.2) is 83.9 Å². The van der Waals surface area contributed by atoms with Gasteiger partial charge in [-0.25, -0.2) is 0 Å². The van der Waals surface area contributed by atoms with Crippen LogP contribution < -0.4 is 0 Å². The number of benzene rings is 3. The maximum absolute atomic E-state index is 5.05. The minimum absolute atomic E-state index is 0.149. The maximum Gasteiger partial charge on any atom is 0.0738 e. The Morgan fingerprint density at radius 3 is 1.59 bits per heavy atom. The van der Waals surface area contributed by atoms with E-state index in [1.165, 1.54) is 27.8 Å². The van der Waals surface area contributed by atoms with Crippen molar-refractivity contribution in [1.29, 1.82) is 0 Å². The Kier molecular flexibility index (Phi) is 3.12. The van der Waals surface area contributed by atoms with Crippen molar-refractivity contribution in [3.05, 3.63) is 95.6 Å². The van der Waals surface area contributed by atoms with Gasteiger partial charge < -0.3 is 0 Å². The first-order chi connectivity index (χ1) is 10.8. The zero-order valence-corrected chi connectivity index (χ0v) is 12.5. The average molecular weight is 283 g/mol. The molecule has 0 saturated carbocycles. The number of aliphatic imine (C=N–C) groups is 1. The highest BCUT2D eigenvalue weighted by Crippen LogP contribution is 2.37. The van der Waals surface area contributed by atoms with Crippen molar-refractivity contribution in [2.75, 3.05) is 0 Å². The first kappa shape index (κ1) is 13.0. The minimum atomic E-state index is 0.149. The molecule has 0 fully saturated rings. The third-order valence-electron chi connectivity index (χ3n) is 4.26. The molecule has 0 spiro atoms. The van der Waals surface area contributed by atoms with Crippen LogP contribution in [0.5, 0.6) is 0 Å². The Bertz CT molecular complexity index is 799. The van der Waals surface area contributed by atoms with E-state index in [9.17, 15) is 0 Å². The van der Waals surface area contributed by atoms with Gasteiger partial charge in [-0.2, -0.15) is 0 Å². The Morgan fingerprint density at radius 1 is 0.591 bits per heavy atom. The molecule has 3 aromatic carbocycles. The zero-order chi connectivity index (χ0) is 14.9. The predicted molar refractivity (Wildman–Crippen MR) is 92.4 cm³/mol. The van der Waals surface area contributed by atoms with Crippen molar-refractivity contribution in [2.45, 2.75) is 13.0 Å². The number of rotatable bonds is 2. The summed E-state index contributed by atoms with van der Waals surface area (Å²) >= 11 is 0. The first-order valence-electron chi connectivity index (χ1n) is 7.66. The third kappa shape index (κ3) is 2.06. The summed E-state index contributed by atoms with van der Waals surface area (Å²) in [7, 11) is 0. The van der Waals surface area contributed by atoms with Crippen molar-refractivity contribution in [3.63, 3.8) is 0 Å². The van der Waals surface area contributed by atoms with Crippen LogP contribution in [0.4, 0.5) is 0 Å². The normalized spacial score (nSPS) is 13.4. The van der Waals surface area contributed by atoms with Gasteiger partial charge in [-0.15, -0.1) is 0 Å². The quantitative estimate of drug-likeness (QED) is 0.475. The Morgan fingerprint density at radius 2 is 1.05 bits per heavy atom. The molecule has 4 rings (SSSR count). The second-order valence-electron chi connectivity index (χ2n) is 5.66. The van der Waals surface area contributed by atoms with Crippen molar-refractivity contribution in [2.24, 2.45) is 4.99 Å². The molecule has 1 aliphatic rings. The number of nitrogens with zero attached hydrogens (tertiary/aromatic N) is 1. The lowest BCUT2D eigenvalue weighted by Crippen LogP contribution is -2.01. The highest BCUT2D eigenvalue weighted by Gasteiger charge is 2.24. The summed E-state index contributed by atoms with van der Waals surface area (Å²) in [6.45, 7) is 2.16. The molecule has 0 saturated heterocycles. The number of fused-ring (bicyclic) bond motifs is 3. The van der Waals surface area contributed by atoms with Crippen LogP contribution in [-0.4, -0.2) is 5.71 Å². The highest BCUT2D eigenvalue weighted by atomic mass is 14.8. The monoisotopic (exact) mass is 283 g/mol. The summed E-state index contributed by atoms with van der Waals surface area (Å²) in [4.78, 5) is 5.05. The lowest BCUT2D eigenvalue weighted by molar-refractivity contribution is 0.821. The van der Waals surface area contributed by atoms with Crippen molar-refractivity contribution >= 4 is 5.71 Å². The van der Waals surface area contributed by atoms with E-state index in [4.69, 9.17) is 4.99 Å². The van der Waals surface area contributed by atoms with E-state index in [2.05, 4.69) is 79.7 Å². The highest BCUT2D eigenvalue weighted by molar-refractivity contribution is 6.24. The fourth-order valence-electron chi connectivity index (χ4n) is 3.13. The Labute approximate surface area is 131 Å². The summed E-state index contributed by atoms with van der Waals surface area (Å²) in [6, 6.07) is 27.7. The van der Waals surface area contributed by atoms with E-state index in [-0.39, 0.29) is 6.04 Å². The second-order valence-corrected chi connectivity index (χ2v) is 5.66. The van der Waals surface area contributed by atoms with Gasteiger partial charge in [0.1, 0.15) is 0 Å². The molecular formula is C21H17N. The molecule has 0 radical (unpaired) electrons. The molecule has 0 bridgehead atoms. The van der Waals surface area contributed by atoms with Gasteiger partial charge in [-0.3, -0.25) is 4.99 Å². The summed E-state index contributed by atoms with van der Waals surface area (Å²) in [5.41, 5.74) is 7.42. The van der Waals surface area contributed by atoms with E-state index in [0.717, 1.165) is 5.71 Å². The van der Waals surface area contributed by atoms with Gasteiger partial charge in [0.05, 0.1) is 11.8 Å². The summed E-state index contributed by atoms with van der Waals surface area (Å²) in [5.74, 6) is 0. The van der Waals surface area contributed by atoms with Crippen LogP contribution in [0, 0.1) is 0 Å². The minimum Gasteiger partial charge on any atom is -0.276 e. The molecular weight excluding hydrogens is 266 g/mol. The number of hydrogen-bond donors (Lipinski definition) is 0. The van der Waals surface area contributed by atoms with Gasteiger partial charge in [0.25, 0.3) is 0 Å². The molecule has 1 nitrogen and oxygen atoms in total. The third-order valence-corrected chi connectivity index (χ3v) is 4.26. The molecule has 1 atom stereocenters. The summed E-state index contributed by atoms with van der Waals surface area (Å²) in [6.07, 6.45) is 0. The van der Waals surface area contributed by atoms with Gasteiger partial charge in [0, 0.05) is 11.1 Å². The summed E-state index contributed by atoms with van der Waals surface area (Å²) < 4.78 is 0. The zero-order valence-electron chi connectivity index (χ0n) is 12.5. The van der Waals surface area contributed by atoms with Crippen molar-refractivity contribution < 1.29 is 0 Å². The maximum atomic E-state index is 5.05. The molecule has 0 N–H and O–H groups in total. The fourth-order valence-corrected chi connectivity index (χ4v) is 3.13. The van der Waals surface area contributed by atoms with Gasteiger partial charge in [0.15, 0.2) is 0 Å². The van der Waals surface area contributed by atoms with E-state index in [1.807, 2.05) is 6.07 Å². The van der Waals surface area contributed by atoms with E-state index < -0.39 is 0 Å². The lowest BCUT2D eigenvalue weighted by Gasteiger charge is -2.09. The summed E-state index contributed by atoms with van der Waals surface area (Å²) in [5, 5.41) is 0. The van der Waals surface area contributed by atoms with Crippen molar-refractivity contribution in [3.8, 4) is 11.1 Å². The Hall–Kier alpha value is -2.67. The molecule has 0 heterocycles. The molecule has 0 amide bonds. The molecule has 3 aromatic rings. The first-order valence-corrected chi connectivity index (χ1v) is 7.66. The molecule has 106 valence electrons. The molecule has 0 aliphatic heterocycles.